The highest BCUT2D eigenvalue weighted by atomic mass is 16.7. The summed E-state index contributed by atoms with van der Waals surface area (Å²) in [6.07, 6.45) is 4.98. The summed E-state index contributed by atoms with van der Waals surface area (Å²) in [7, 11) is 0. The maximum atomic E-state index is 12.5. The van der Waals surface area contributed by atoms with Crippen molar-refractivity contribution in [2.75, 3.05) is 13.2 Å². The fraction of sp³-hybridized carbons (Fsp3) is 0.587. The number of nitrogens with one attached hydrogen (secondary N) is 1. The van der Waals surface area contributed by atoms with Crippen molar-refractivity contribution in [2.45, 2.75) is 153 Å². The molecule has 58 heavy (non-hydrogen) atoms. The van der Waals surface area contributed by atoms with Crippen LogP contribution in [0, 0.1) is 5.92 Å². The number of phenolic OH excluding ortho intramolecular Hbond substituents is 2. The van der Waals surface area contributed by atoms with Gasteiger partial charge < -0.3 is 54.5 Å². The molecule has 10 atom stereocenters. The smallest absolute Gasteiger partial charge is 0.251 e. The molecule has 1 amide bonds. The van der Waals surface area contributed by atoms with Crippen molar-refractivity contribution in [1.82, 2.24) is 5.32 Å². The summed E-state index contributed by atoms with van der Waals surface area (Å²) in [5.41, 5.74) is 1.67. The second kappa shape index (κ2) is 23.9. The maximum absolute atomic E-state index is 12.5. The van der Waals surface area contributed by atoms with E-state index in [0.717, 1.165) is 44.9 Å². The molecule has 320 valence electrons. The van der Waals surface area contributed by atoms with Gasteiger partial charge in [-0.15, -0.1) is 0 Å². The first-order valence-electron chi connectivity index (χ1n) is 21.2. The lowest BCUT2D eigenvalue weighted by Gasteiger charge is -2.38. The Hall–Kier alpha value is -3.59. The molecule has 0 aliphatic carbocycles. The molecule has 2 aliphatic rings. The van der Waals surface area contributed by atoms with Crippen LogP contribution < -0.4 is 5.32 Å². The van der Waals surface area contributed by atoms with Crippen LogP contribution in [-0.2, 0) is 23.7 Å². The molecular weight excluding hydrogens is 743 g/mol. The molecule has 2 heterocycles. The Labute approximate surface area is 343 Å². The number of aromatic hydroxyl groups is 2. The van der Waals surface area contributed by atoms with E-state index in [-0.39, 0.29) is 61.1 Å². The van der Waals surface area contributed by atoms with Gasteiger partial charge in [0.05, 0.1) is 43.2 Å². The molecule has 2 aliphatic heterocycles. The Balaban J connectivity index is 1.13. The van der Waals surface area contributed by atoms with Crippen molar-refractivity contribution >= 4 is 5.91 Å². The third-order valence-corrected chi connectivity index (χ3v) is 11.0. The van der Waals surface area contributed by atoms with E-state index in [1.54, 1.807) is 54.6 Å². The van der Waals surface area contributed by atoms with Gasteiger partial charge in [-0.3, -0.25) is 4.79 Å². The average molecular weight is 808 g/mol. The molecular formula is C46H65NO11. The normalized spacial score (nSPS) is 24.4. The summed E-state index contributed by atoms with van der Waals surface area (Å²) in [4.78, 5) is 12.5. The van der Waals surface area contributed by atoms with E-state index in [4.69, 9.17) is 23.7 Å². The Morgan fingerprint density at radius 1 is 0.741 bits per heavy atom. The highest BCUT2D eigenvalue weighted by Crippen LogP contribution is 2.39. The van der Waals surface area contributed by atoms with Crippen molar-refractivity contribution in [2.24, 2.45) is 5.92 Å². The molecule has 0 radical (unpaired) electrons. The first kappa shape index (κ1) is 45.5. The summed E-state index contributed by atoms with van der Waals surface area (Å²) < 4.78 is 31.2. The van der Waals surface area contributed by atoms with E-state index in [1.807, 2.05) is 31.2 Å². The second-order valence-corrected chi connectivity index (χ2v) is 16.1. The first-order chi connectivity index (χ1) is 28.1. The molecule has 2 saturated heterocycles. The minimum absolute atomic E-state index is 0.0289. The Kier molecular flexibility index (Phi) is 18.7. The first-order valence-corrected chi connectivity index (χ1v) is 21.2. The van der Waals surface area contributed by atoms with E-state index < -0.39 is 25.0 Å². The Morgan fingerprint density at radius 2 is 1.34 bits per heavy atom. The highest BCUT2D eigenvalue weighted by molar-refractivity contribution is 5.94. The predicted molar refractivity (Wildman–Crippen MR) is 219 cm³/mol. The van der Waals surface area contributed by atoms with Gasteiger partial charge in [0.1, 0.15) is 11.5 Å². The Morgan fingerprint density at radius 3 is 2.00 bits per heavy atom. The summed E-state index contributed by atoms with van der Waals surface area (Å²) in [6.45, 7) is 4.26. The van der Waals surface area contributed by atoms with Gasteiger partial charge in [0.2, 0.25) is 0 Å². The molecule has 12 nitrogen and oxygen atoms in total. The lowest BCUT2D eigenvalue weighted by molar-refractivity contribution is -0.256. The van der Waals surface area contributed by atoms with Gasteiger partial charge in [-0.25, -0.2) is 0 Å². The monoisotopic (exact) mass is 807 g/mol. The SMILES string of the molecule is CC(CCCCO)CC(CCCC(O)CC1CC(CCCC2CC(C)OC(c3ccccc3O)O2)OC(c2ccccc2O)O1)OC(O)CNC(=O)c1ccccc1. The number of hydrogen-bond donors (Lipinski definition) is 6. The van der Waals surface area contributed by atoms with Crippen molar-refractivity contribution in [3.63, 3.8) is 0 Å². The zero-order valence-electron chi connectivity index (χ0n) is 34.1. The number of benzene rings is 3. The second-order valence-electron chi connectivity index (χ2n) is 16.1. The maximum Gasteiger partial charge on any atom is 0.251 e. The number of aliphatic hydroxyl groups is 3. The van der Waals surface area contributed by atoms with Crippen LogP contribution in [0.3, 0.4) is 0 Å². The standard InChI is InChI=1S/C46H65NO11/c1-31(14-10-11-25-48)26-35(55-43(52)30-47-44(53)33-15-4-3-5-16-33)18-12-17-34(49)28-38-29-37(57-46(58-38)40-22-7-9-24-42(40)51)20-13-19-36-27-32(2)54-45(56-36)39-21-6-8-23-41(39)50/h3-9,15-16,21-24,31-32,34-38,43,45-46,48-52H,10-14,17-20,25-30H2,1-2H3,(H,47,53). The minimum atomic E-state index is -1.19. The van der Waals surface area contributed by atoms with E-state index in [1.165, 1.54) is 0 Å². The molecule has 2 fully saturated rings. The van der Waals surface area contributed by atoms with E-state index in [2.05, 4.69) is 12.2 Å². The molecule has 0 bridgehead atoms. The summed E-state index contributed by atoms with van der Waals surface area (Å²) in [5, 5.41) is 55.1. The predicted octanol–water partition coefficient (Wildman–Crippen LogP) is 7.58. The van der Waals surface area contributed by atoms with Gasteiger partial charge in [-0.2, -0.15) is 0 Å². The Bertz CT molecular complexity index is 1630. The van der Waals surface area contributed by atoms with Gasteiger partial charge in [0.15, 0.2) is 18.9 Å². The number of aliphatic hydroxyl groups excluding tert-OH is 3. The molecule has 5 rings (SSSR count). The van der Waals surface area contributed by atoms with Crippen LogP contribution >= 0.6 is 0 Å². The van der Waals surface area contributed by atoms with Gasteiger partial charge in [-0.05, 0) is 101 Å². The van der Waals surface area contributed by atoms with Crippen LogP contribution in [0.1, 0.15) is 131 Å². The van der Waals surface area contributed by atoms with E-state index >= 15 is 0 Å². The largest absolute Gasteiger partial charge is 0.507 e. The number of rotatable bonds is 23. The lowest BCUT2D eigenvalue weighted by Crippen LogP contribution is -2.36. The topological polar surface area (TPSA) is 176 Å². The number of phenols is 2. The summed E-state index contributed by atoms with van der Waals surface area (Å²) >= 11 is 0. The lowest BCUT2D eigenvalue weighted by atomic mass is 9.93. The average Bonchev–Trinajstić information content (AvgIpc) is 3.20. The molecule has 3 aromatic rings. The zero-order chi connectivity index (χ0) is 41.3. The minimum Gasteiger partial charge on any atom is -0.507 e. The molecule has 0 spiro atoms. The summed E-state index contributed by atoms with van der Waals surface area (Å²) in [6, 6.07) is 22.9. The number of ether oxygens (including phenoxy) is 5. The van der Waals surface area contributed by atoms with Crippen LogP contribution in [0.2, 0.25) is 0 Å². The fourth-order valence-electron chi connectivity index (χ4n) is 8.01. The van der Waals surface area contributed by atoms with Crippen LogP contribution in [0.15, 0.2) is 78.9 Å². The number of carbonyl (C=O) groups excluding carboxylic acids is 1. The van der Waals surface area contributed by atoms with Crippen LogP contribution in [0.5, 0.6) is 11.5 Å². The van der Waals surface area contributed by atoms with Crippen LogP contribution in [0.4, 0.5) is 0 Å². The van der Waals surface area contributed by atoms with Gasteiger partial charge in [0, 0.05) is 29.7 Å². The molecule has 0 aromatic heterocycles. The summed E-state index contributed by atoms with van der Waals surface area (Å²) in [5.74, 6) is 0.245. The number of hydrogen-bond acceptors (Lipinski definition) is 11. The molecule has 0 saturated carbocycles. The molecule has 3 aromatic carbocycles. The van der Waals surface area contributed by atoms with Crippen molar-refractivity contribution < 1.29 is 54.0 Å². The number of para-hydroxylation sites is 2. The van der Waals surface area contributed by atoms with Crippen LogP contribution in [-0.4, -0.2) is 87.5 Å². The quantitative estimate of drug-likeness (QED) is 0.0412. The number of unbranched alkanes of at least 4 members (excludes halogenated alkanes) is 1. The fourth-order valence-corrected chi connectivity index (χ4v) is 8.01. The van der Waals surface area contributed by atoms with Gasteiger partial charge in [0.25, 0.3) is 5.91 Å². The van der Waals surface area contributed by atoms with Crippen molar-refractivity contribution in [1.29, 1.82) is 0 Å². The molecule has 10 unspecified atom stereocenters. The highest BCUT2D eigenvalue weighted by Gasteiger charge is 2.35. The zero-order valence-corrected chi connectivity index (χ0v) is 34.1. The molecule has 12 heteroatoms. The number of amides is 1. The van der Waals surface area contributed by atoms with Crippen LogP contribution in [0.25, 0.3) is 0 Å². The number of carbonyl (C=O) groups is 1. The van der Waals surface area contributed by atoms with E-state index in [0.29, 0.717) is 61.1 Å². The third-order valence-electron chi connectivity index (χ3n) is 11.0. The van der Waals surface area contributed by atoms with Gasteiger partial charge >= 0.3 is 0 Å². The van der Waals surface area contributed by atoms with Gasteiger partial charge in [-0.1, -0.05) is 74.4 Å². The van der Waals surface area contributed by atoms with Crippen molar-refractivity contribution in [3.05, 3.63) is 95.6 Å². The molecule has 6 N–H and O–H groups in total. The van der Waals surface area contributed by atoms with Crippen molar-refractivity contribution in [3.8, 4) is 11.5 Å². The van der Waals surface area contributed by atoms with E-state index in [9.17, 15) is 30.3 Å². The third kappa shape index (κ3) is 14.9.